The van der Waals surface area contributed by atoms with Gasteiger partial charge in [-0.2, -0.15) is 4.98 Å². The van der Waals surface area contributed by atoms with Gasteiger partial charge >= 0.3 is 0 Å². The van der Waals surface area contributed by atoms with Gasteiger partial charge in [0.15, 0.2) is 5.82 Å². The molecule has 17 heavy (non-hydrogen) atoms. The first kappa shape index (κ1) is 11.8. The van der Waals surface area contributed by atoms with Gasteiger partial charge in [-0.1, -0.05) is 5.16 Å². The number of hydrogen-bond acceptors (Lipinski definition) is 5. The predicted molar refractivity (Wildman–Crippen MR) is 72.7 cm³/mol. The number of nitrogens with zero attached hydrogens (tertiary/aromatic N) is 2. The summed E-state index contributed by atoms with van der Waals surface area (Å²) in [7, 11) is 0. The summed E-state index contributed by atoms with van der Waals surface area (Å²) in [5.74, 6) is 1.65. The van der Waals surface area contributed by atoms with Gasteiger partial charge in [-0.15, -0.1) is 11.3 Å². The average Bonchev–Trinajstić information content (AvgIpc) is 2.93. The van der Waals surface area contributed by atoms with Gasteiger partial charge in [0.2, 0.25) is 0 Å². The van der Waals surface area contributed by atoms with Gasteiger partial charge in [0.1, 0.15) is 0 Å². The molecule has 0 aromatic carbocycles. The summed E-state index contributed by atoms with van der Waals surface area (Å²) in [6, 6.07) is 1.86. The van der Waals surface area contributed by atoms with Crippen molar-refractivity contribution in [3.63, 3.8) is 0 Å². The lowest BCUT2D eigenvalue weighted by atomic mass is 10.2. The summed E-state index contributed by atoms with van der Waals surface area (Å²) in [6.07, 6.45) is 2.33. The van der Waals surface area contributed by atoms with Gasteiger partial charge in [0.05, 0.1) is 19.2 Å². The minimum atomic E-state index is -0.0895. The minimum Gasteiger partial charge on any atom is -0.334 e. The number of rotatable bonds is 3. The monoisotopic (exact) mass is 377 g/mol. The highest BCUT2D eigenvalue weighted by Gasteiger charge is 2.32. The van der Waals surface area contributed by atoms with Crippen LogP contribution in [0.4, 0.5) is 0 Å². The van der Waals surface area contributed by atoms with Gasteiger partial charge in [0, 0.05) is 0 Å². The Hall–Kier alpha value is -0.240. The quantitative estimate of drug-likeness (QED) is 0.883. The molecule has 2 aromatic rings. The van der Waals surface area contributed by atoms with Crippen molar-refractivity contribution in [1.29, 1.82) is 0 Å². The van der Waals surface area contributed by atoms with Crippen LogP contribution in [0.1, 0.15) is 24.7 Å². The van der Waals surface area contributed by atoms with Crippen LogP contribution in [0.5, 0.6) is 0 Å². The Balaban J connectivity index is 1.91. The highest BCUT2D eigenvalue weighted by atomic mass is 79.9. The molecule has 1 saturated carbocycles. The number of halogens is 2. The first-order valence-corrected chi connectivity index (χ1v) is 7.60. The molecule has 0 bridgehead atoms. The number of hydrogen-bond donors (Lipinski definition) is 1. The Morgan fingerprint density at radius 1 is 1.47 bits per heavy atom. The summed E-state index contributed by atoms with van der Waals surface area (Å²) in [5.41, 5.74) is 6.94. The van der Waals surface area contributed by atoms with E-state index in [0.717, 1.165) is 13.1 Å². The molecule has 3 rings (SSSR count). The first-order chi connectivity index (χ1) is 8.15. The van der Waals surface area contributed by atoms with Crippen LogP contribution in [-0.4, -0.2) is 10.1 Å². The van der Waals surface area contributed by atoms with Crippen LogP contribution in [0.15, 0.2) is 18.2 Å². The van der Waals surface area contributed by atoms with Crippen molar-refractivity contribution in [2.75, 3.05) is 0 Å². The molecule has 1 atom stereocenters. The maximum Gasteiger partial charge on any atom is 0.260 e. The fourth-order valence-electron chi connectivity index (χ4n) is 1.63. The van der Waals surface area contributed by atoms with Crippen LogP contribution in [-0.2, 0) is 0 Å². The van der Waals surface area contributed by atoms with Crippen molar-refractivity contribution in [2.24, 2.45) is 11.7 Å². The second-order valence-corrected chi connectivity index (χ2v) is 7.81. The van der Waals surface area contributed by atoms with Crippen LogP contribution < -0.4 is 5.73 Å². The van der Waals surface area contributed by atoms with E-state index in [4.69, 9.17) is 10.3 Å². The zero-order valence-electron chi connectivity index (χ0n) is 8.69. The maximum atomic E-state index is 6.03. The van der Waals surface area contributed by atoms with Crippen LogP contribution >= 0.6 is 43.2 Å². The molecule has 90 valence electrons. The van der Waals surface area contributed by atoms with Gasteiger partial charge in [-0.25, -0.2) is 0 Å². The third-order valence-corrected chi connectivity index (χ3v) is 5.10. The van der Waals surface area contributed by atoms with E-state index in [1.165, 1.54) is 12.8 Å². The molecule has 7 heteroatoms. The van der Waals surface area contributed by atoms with E-state index >= 15 is 0 Å². The Kier molecular flexibility index (Phi) is 3.10. The molecule has 0 spiro atoms. The Morgan fingerprint density at radius 2 is 2.24 bits per heavy atom. The van der Waals surface area contributed by atoms with E-state index in [1.54, 1.807) is 11.3 Å². The lowest BCUT2D eigenvalue weighted by molar-refractivity contribution is 0.411. The van der Waals surface area contributed by atoms with Crippen LogP contribution in [0.2, 0.25) is 0 Å². The lowest BCUT2D eigenvalue weighted by Crippen LogP contribution is -2.13. The topological polar surface area (TPSA) is 64.9 Å². The van der Waals surface area contributed by atoms with Crippen molar-refractivity contribution >= 4 is 43.2 Å². The normalized spacial score (nSPS) is 17.4. The molecule has 1 unspecified atom stereocenters. The summed E-state index contributed by atoms with van der Waals surface area (Å²) in [4.78, 5) is 4.37. The predicted octanol–water partition coefficient (Wildman–Crippen LogP) is 3.73. The van der Waals surface area contributed by atoms with Crippen molar-refractivity contribution in [1.82, 2.24) is 10.1 Å². The molecule has 2 heterocycles. The minimum absolute atomic E-state index is 0.0895. The Bertz CT molecular complexity index is 549. The molecular formula is C10H9Br2N3OS. The van der Waals surface area contributed by atoms with E-state index in [-0.39, 0.29) is 6.04 Å². The molecule has 0 saturated heterocycles. The van der Waals surface area contributed by atoms with Gasteiger partial charge in [-0.3, -0.25) is 0 Å². The fourth-order valence-corrected chi connectivity index (χ4v) is 4.41. The van der Waals surface area contributed by atoms with Crippen molar-refractivity contribution in [3.05, 3.63) is 19.5 Å². The molecule has 1 fully saturated rings. The number of nitrogens with two attached hydrogens (primary N) is 1. The molecule has 0 radical (unpaired) electrons. The van der Waals surface area contributed by atoms with Gasteiger partial charge in [-0.05, 0) is 56.7 Å². The van der Waals surface area contributed by atoms with Crippen LogP contribution in [0.3, 0.4) is 0 Å². The second kappa shape index (κ2) is 4.46. The average molecular weight is 379 g/mol. The molecule has 0 amide bonds. The summed E-state index contributed by atoms with van der Waals surface area (Å²) >= 11 is 8.47. The van der Waals surface area contributed by atoms with E-state index in [9.17, 15) is 0 Å². The van der Waals surface area contributed by atoms with Crippen LogP contribution in [0, 0.1) is 5.92 Å². The highest BCUT2D eigenvalue weighted by Crippen LogP contribution is 2.40. The SMILES string of the molecule is NC(c1noc(-c2cc(Br)sc2Br)n1)C1CC1. The van der Waals surface area contributed by atoms with Crippen molar-refractivity contribution in [3.8, 4) is 11.5 Å². The van der Waals surface area contributed by atoms with E-state index in [2.05, 4.69) is 42.0 Å². The maximum absolute atomic E-state index is 6.03. The number of aromatic nitrogens is 2. The molecule has 0 aliphatic heterocycles. The second-order valence-electron chi connectivity index (χ2n) is 4.06. The first-order valence-electron chi connectivity index (χ1n) is 5.19. The Morgan fingerprint density at radius 3 is 2.82 bits per heavy atom. The molecule has 2 aromatic heterocycles. The molecule has 4 nitrogen and oxygen atoms in total. The zero-order valence-corrected chi connectivity index (χ0v) is 12.7. The molecule has 1 aliphatic rings. The molecular weight excluding hydrogens is 370 g/mol. The van der Waals surface area contributed by atoms with Crippen LogP contribution in [0.25, 0.3) is 11.5 Å². The van der Waals surface area contributed by atoms with Gasteiger partial charge < -0.3 is 10.3 Å². The zero-order chi connectivity index (χ0) is 12.0. The lowest BCUT2D eigenvalue weighted by Gasteiger charge is -2.01. The Labute approximate surface area is 119 Å². The summed E-state index contributed by atoms with van der Waals surface area (Å²) < 4.78 is 7.25. The van der Waals surface area contributed by atoms with E-state index in [1.807, 2.05) is 6.07 Å². The van der Waals surface area contributed by atoms with E-state index in [0.29, 0.717) is 17.6 Å². The highest BCUT2D eigenvalue weighted by molar-refractivity contribution is 9.12. The third-order valence-electron chi connectivity index (χ3n) is 2.76. The largest absolute Gasteiger partial charge is 0.334 e. The smallest absolute Gasteiger partial charge is 0.260 e. The summed E-state index contributed by atoms with van der Waals surface area (Å²) in [6.45, 7) is 0. The molecule has 2 N–H and O–H groups in total. The van der Waals surface area contributed by atoms with Crippen molar-refractivity contribution < 1.29 is 4.52 Å². The number of thiophene rings is 1. The van der Waals surface area contributed by atoms with Crippen molar-refractivity contribution in [2.45, 2.75) is 18.9 Å². The third kappa shape index (κ3) is 2.33. The standard InChI is InChI=1S/C10H9Br2N3OS/c11-6-3-5(8(12)17-6)10-14-9(15-16-10)7(13)4-1-2-4/h3-4,7H,1-2,13H2. The van der Waals surface area contributed by atoms with E-state index < -0.39 is 0 Å². The summed E-state index contributed by atoms with van der Waals surface area (Å²) in [5, 5.41) is 3.96. The molecule has 1 aliphatic carbocycles. The van der Waals surface area contributed by atoms with Gasteiger partial charge in [0.25, 0.3) is 5.89 Å². The fraction of sp³-hybridized carbons (Fsp3) is 0.400.